The Labute approximate surface area is 124 Å². The predicted octanol–water partition coefficient (Wildman–Crippen LogP) is 2.73. The molecule has 0 aromatic carbocycles. The van der Waals surface area contributed by atoms with Crippen molar-refractivity contribution in [1.29, 1.82) is 5.26 Å². The van der Waals surface area contributed by atoms with E-state index in [0.29, 0.717) is 23.5 Å². The van der Waals surface area contributed by atoms with E-state index in [0.717, 1.165) is 4.52 Å². The summed E-state index contributed by atoms with van der Waals surface area (Å²) in [4.78, 5) is 4.32. The molecule has 0 spiro atoms. The van der Waals surface area contributed by atoms with Gasteiger partial charge in [-0.1, -0.05) is 0 Å². The van der Waals surface area contributed by atoms with Crippen molar-refractivity contribution in [2.75, 3.05) is 0 Å². The number of halogens is 2. The van der Waals surface area contributed by atoms with Gasteiger partial charge in [0, 0.05) is 18.3 Å². The Morgan fingerprint density at radius 2 is 2.18 bits per heavy atom. The molecule has 6 nitrogen and oxygen atoms in total. The Bertz CT molecular complexity index is 887. The molecule has 3 rings (SSSR count). The smallest absolute Gasteiger partial charge is 0.272 e. The molecule has 3 aromatic rings. The van der Waals surface area contributed by atoms with Gasteiger partial charge in [-0.2, -0.15) is 15.5 Å². The normalized spacial score (nSPS) is 11.3. The Morgan fingerprint density at radius 3 is 2.77 bits per heavy atom. The summed E-state index contributed by atoms with van der Waals surface area (Å²) in [6.07, 6.45) is 0.267. The Balaban J connectivity index is 2.30. The van der Waals surface area contributed by atoms with Gasteiger partial charge in [-0.3, -0.25) is 4.68 Å². The quantitative estimate of drug-likeness (QED) is 0.745. The van der Waals surface area contributed by atoms with E-state index in [1.165, 1.54) is 12.3 Å². The van der Waals surface area contributed by atoms with Crippen LogP contribution >= 0.6 is 0 Å². The molecule has 0 aliphatic heterocycles. The van der Waals surface area contributed by atoms with Gasteiger partial charge < -0.3 is 0 Å². The summed E-state index contributed by atoms with van der Waals surface area (Å²) in [6.45, 7) is 4.39. The van der Waals surface area contributed by atoms with Crippen LogP contribution in [0.15, 0.2) is 18.5 Å². The molecule has 0 atom stereocenters. The largest absolute Gasteiger partial charge is 0.280 e. The highest BCUT2D eigenvalue weighted by Gasteiger charge is 2.20. The van der Waals surface area contributed by atoms with Gasteiger partial charge in [0.1, 0.15) is 17.3 Å². The molecule has 3 aromatic heterocycles. The topological polar surface area (TPSA) is 71.8 Å². The summed E-state index contributed by atoms with van der Waals surface area (Å²) in [5.41, 5.74) is 1.69. The summed E-state index contributed by atoms with van der Waals surface area (Å²) in [5.74, 6) is 0. The molecule has 0 N–H and O–H groups in total. The van der Waals surface area contributed by atoms with Crippen molar-refractivity contribution in [3.63, 3.8) is 0 Å². The second kappa shape index (κ2) is 5.18. The van der Waals surface area contributed by atoms with Crippen molar-refractivity contribution in [1.82, 2.24) is 24.4 Å². The number of nitrogens with zero attached hydrogens (tertiary/aromatic N) is 6. The molecule has 0 amide bonds. The zero-order chi connectivity index (χ0) is 15.9. The number of alkyl halides is 2. The monoisotopic (exact) mass is 302 g/mol. The maximum Gasteiger partial charge on any atom is 0.280 e. The van der Waals surface area contributed by atoms with E-state index in [1.54, 1.807) is 17.8 Å². The maximum atomic E-state index is 13.3. The second-order valence-corrected chi connectivity index (χ2v) is 4.76. The number of hydrogen-bond donors (Lipinski definition) is 0. The van der Waals surface area contributed by atoms with Gasteiger partial charge in [0.05, 0.1) is 17.6 Å². The number of aryl methyl sites for hydroxylation is 2. The number of nitriles is 1. The van der Waals surface area contributed by atoms with E-state index < -0.39 is 6.43 Å². The second-order valence-electron chi connectivity index (χ2n) is 4.76. The minimum atomic E-state index is -2.72. The standard InChI is InChI=1S/C14H12F2N6/c1-3-21-7-10(8(2)20-21)11-4-12(13(15)16)22-14(19-11)9(5-17)6-18-22/h4,6-7,13H,3H2,1-2H3. The van der Waals surface area contributed by atoms with Crippen LogP contribution in [0.2, 0.25) is 0 Å². The molecule has 0 aliphatic carbocycles. The van der Waals surface area contributed by atoms with Crippen molar-refractivity contribution >= 4 is 5.65 Å². The van der Waals surface area contributed by atoms with Gasteiger partial charge in [0.25, 0.3) is 6.43 Å². The first-order chi connectivity index (χ1) is 10.5. The first-order valence-corrected chi connectivity index (χ1v) is 6.66. The van der Waals surface area contributed by atoms with Crippen LogP contribution in [0.25, 0.3) is 16.9 Å². The highest BCUT2D eigenvalue weighted by atomic mass is 19.3. The van der Waals surface area contributed by atoms with Crippen LogP contribution in [-0.2, 0) is 6.54 Å². The predicted molar refractivity (Wildman–Crippen MR) is 74.3 cm³/mol. The molecule has 0 bridgehead atoms. The van der Waals surface area contributed by atoms with Crippen molar-refractivity contribution in [2.45, 2.75) is 26.8 Å². The van der Waals surface area contributed by atoms with Crippen molar-refractivity contribution in [3.05, 3.63) is 35.4 Å². The average molecular weight is 302 g/mol. The molecular weight excluding hydrogens is 290 g/mol. The number of fused-ring (bicyclic) bond motifs is 1. The van der Waals surface area contributed by atoms with Crippen LogP contribution in [-0.4, -0.2) is 24.4 Å². The fraction of sp³-hybridized carbons (Fsp3) is 0.286. The molecule has 0 aliphatic rings. The molecule has 8 heteroatoms. The SMILES string of the molecule is CCn1cc(-c2cc(C(F)F)n3ncc(C#N)c3n2)c(C)n1. The highest BCUT2D eigenvalue weighted by molar-refractivity contribution is 5.66. The van der Waals surface area contributed by atoms with E-state index in [-0.39, 0.29) is 16.9 Å². The van der Waals surface area contributed by atoms with Gasteiger partial charge in [-0.25, -0.2) is 18.3 Å². The lowest BCUT2D eigenvalue weighted by Crippen LogP contribution is -2.03. The van der Waals surface area contributed by atoms with E-state index >= 15 is 0 Å². The van der Waals surface area contributed by atoms with Crippen molar-refractivity contribution in [2.24, 2.45) is 0 Å². The molecule has 22 heavy (non-hydrogen) atoms. The number of rotatable bonds is 3. The lowest BCUT2D eigenvalue weighted by atomic mass is 10.1. The summed E-state index contributed by atoms with van der Waals surface area (Å²) in [6, 6.07) is 3.20. The number of hydrogen-bond acceptors (Lipinski definition) is 4. The Kier molecular flexibility index (Phi) is 3.33. The zero-order valence-corrected chi connectivity index (χ0v) is 12.0. The molecule has 0 unspecified atom stereocenters. The van der Waals surface area contributed by atoms with Gasteiger partial charge in [0.15, 0.2) is 5.65 Å². The Morgan fingerprint density at radius 1 is 1.41 bits per heavy atom. The zero-order valence-electron chi connectivity index (χ0n) is 12.0. The first kappa shape index (κ1) is 14.1. The van der Waals surface area contributed by atoms with Crippen LogP contribution in [0, 0.1) is 18.3 Å². The van der Waals surface area contributed by atoms with Crippen LogP contribution in [0.5, 0.6) is 0 Å². The molecule has 3 heterocycles. The van der Waals surface area contributed by atoms with E-state index in [2.05, 4.69) is 15.2 Å². The minimum Gasteiger partial charge on any atom is -0.272 e. The third kappa shape index (κ3) is 2.11. The van der Waals surface area contributed by atoms with Crippen molar-refractivity contribution in [3.8, 4) is 17.3 Å². The molecular formula is C14H12F2N6. The third-order valence-electron chi connectivity index (χ3n) is 3.39. The van der Waals surface area contributed by atoms with Crippen LogP contribution in [0.1, 0.15) is 30.3 Å². The third-order valence-corrected chi connectivity index (χ3v) is 3.39. The van der Waals surface area contributed by atoms with Crippen LogP contribution in [0.3, 0.4) is 0 Å². The fourth-order valence-electron chi connectivity index (χ4n) is 2.29. The lowest BCUT2D eigenvalue weighted by molar-refractivity contribution is 0.143. The van der Waals surface area contributed by atoms with Gasteiger partial charge >= 0.3 is 0 Å². The summed E-state index contributed by atoms with van der Waals surface area (Å²) in [7, 11) is 0. The summed E-state index contributed by atoms with van der Waals surface area (Å²) < 4.78 is 29.3. The molecule has 0 saturated carbocycles. The number of aromatic nitrogens is 5. The van der Waals surface area contributed by atoms with Gasteiger partial charge in [0.2, 0.25) is 0 Å². The Hall–Kier alpha value is -2.82. The van der Waals surface area contributed by atoms with Crippen LogP contribution in [0.4, 0.5) is 8.78 Å². The fourth-order valence-corrected chi connectivity index (χ4v) is 2.29. The van der Waals surface area contributed by atoms with E-state index in [1.807, 2.05) is 13.0 Å². The minimum absolute atomic E-state index is 0.124. The average Bonchev–Trinajstić information content (AvgIpc) is 3.08. The molecule has 0 radical (unpaired) electrons. The van der Waals surface area contributed by atoms with Gasteiger partial charge in [-0.15, -0.1) is 0 Å². The lowest BCUT2D eigenvalue weighted by Gasteiger charge is -2.06. The highest BCUT2D eigenvalue weighted by Crippen LogP contribution is 2.27. The van der Waals surface area contributed by atoms with Crippen LogP contribution < -0.4 is 0 Å². The summed E-state index contributed by atoms with van der Waals surface area (Å²) >= 11 is 0. The first-order valence-electron chi connectivity index (χ1n) is 6.66. The van der Waals surface area contributed by atoms with E-state index in [9.17, 15) is 8.78 Å². The van der Waals surface area contributed by atoms with Gasteiger partial charge in [-0.05, 0) is 19.9 Å². The molecule has 0 fully saturated rings. The summed E-state index contributed by atoms with van der Waals surface area (Å²) in [5, 5.41) is 17.2. The molecule has 112 valence electrons. The maximum absolute atomic E-state index is 13.3. The molecule has 0 saturated heterocycles. The van der Waals surface area contributed by atoms with E-state index in [4.69, 9.17) is 5.26 Å². The van der Waals surface area contributed by atoms with Crippen molar-refractivity contribution < 1.29 is 8.78 Å².